The SMILES string of the molecule is O=C(O)c1ccc(Cl)nc1Sc1cccs1. The number of nitrogens with zero attached hydrogens (tertiary/aromatic N) is 1. The molecule has 0 aliphatic carbocycles. The summed E-state index contributed by atoms with van der Waals surface area (Å²) in [6.07, 6.45) is 0. The third-order valence-corrected chi connectivity index (χ3v) is 4.00. The van der Waals surface area contributed by atoms with Crippen molar-refractivity contribution in [2.75, 3.05) is 0 Å². The summed E-state index contributed by atoms with van der Waals surface area (Å²) in [6.45, 7) is 0. The smallest absolute Gasteiger partial charge is 0.338 e. The number of thiophene rings is 1. The fourth-order valence-electron chi connectivity index (χ4n) is 1.08. The Bertz CT molecular complexity index is 514. The van der Waals surface area contributed by atoms with Crippen LogP contribution in [0.2, 0.25) is 5.15 Å². The lowest BCUT2D eigenvalue weighted by atomic mass is 10.3. The van der Waals surface area contributed by atoms with Gasteiger partial charge >= 0.3 is 5.97 Å². The Kier molecular flexibility index (Phi) is 3.48. The van der Waals surface area contributed by atoms with Gasteiger partial charge in [-0.3, -0.25) is 0 Å². The lowest BCUT2D eigenvalue weighted by Crippen LogP contribution is -2.00. The van der Waals surface area contributed by atoms with Crippen molar-refractivity contribution in [2.24, 2.45) is 0 Å². The van der Waals surface area contributed by atoms with Crippen LogP contribution in [0.1, 0.15) is 10.4 Å². The number of rotatable bonds is 3. The van der Waals surface area contributed by atoms with Gasteiger partial charge in [0.2, 0.25) is 0 Å². The van der Waals surface area contributed by atoms with Crippen LogP contribution in [0.25, 0.3) is 0 Å². The predicted octanol–water partition coefficient (Wildman–Crippen LogP) is 3.65. The van der Waals surface area contributed by atoms with Crippen molar-refractivity contribution in [3.63, 3.8) is 0 Å². The molecule has 0 saturated carbocycles. The van der Waals surface area contributed by atoms with Crippen molar-refractivity contribution in [2.45, 2.75) is 9.24 Å². The quantitative estimate of drug-likeness (QED) is 0.866. The number of halogens is 1. The second kappa shape index (κ2) is 4.86. The first-order chi connectivity index (χ1) is 7.66. The molecule has 0 aromatic carbocycles. The second-order valence-corrected chi connectivity index (χ2v) is 5.45. The van der Waals surface area contributed by atoms with E-state index >= 15 is 0 Å². The minimum Gasteiger partial charge on any atom is -0.478 e. The topological polar surface area (TPSA) is 50.2 Å². The van der Waals surface area contributed by atoms with Crippen molar-refractivity contribution in [1.82, 2.24) is 4.98 Å². The molecule has 2 rings (SSSR count). The summed E-state index contributed by atoms with van der Waals surface area (Å²) in [5, 5.41) is 11.6. The maximum atomic E-state index is 11.0. The van der Waals surface area contributed by atoms with E-state index in [1.54, 1.807) is 0 Å². The fraction of sp³-hybridized carbons (Fsp3) is 0. The summed E-state index contributed by atoms with van der Waals surface area (Å²) in [5.74, 6) is -0.997. The van der Waals surface area contributed by atoms with Crippen molar-refractivity contribution in [3.8, 4) is 0 Å². The number of hydrogen-bond donors (Lipinski definition) is 1. The zero-order valence-corrected chi connectivity index (χ0v) is 10.3. The fourth-order valence-corrected chi connectivity index (χ4v) is 3.06. The van der Waals surface area contributed by atoms with E-state index in [-0.39, 0.29) is 5.56 Å². The summed E-state index contributed by atoms with van der Waals surface area (Å²) in [4.78, 5) is 15.0. The van der Waals surface area contributed by atoms with Gasteiger partial charge in [0.15, 0.2) is 0 Å². The van der Waals surface area contributed by atoms with E-state index in [1.165, 1.54) is 35.2 Å². The highest BCUT2D eigenvalue weighted by molar-refractivity contribution is 8.01. The van der Waals surface area contributed by atoms with E-state index in [0.717, 1.165) is 4.21 Å². The minimum atomic E-state index is -0.997. The van der Waals surface area contributed by atoms with Crippen LogP contribution in [0.3, 0.4) is 0 Å². The first-order valence-corrected chi connectivity index (χ1v) is 6.35. The third-order valence-electron chi connectivity index (χ3n) is 1.75. The molecule has 0 aliphatic rings. The largest absolute Gasteiger partial charge is 0.478 e. The minimum absolute atomic E-state index is 0.169. The van der Waals surface area contributed by atoms with Crippen LogP contribution in [0.4, 0.5) is 0 Å². The molecule has 0 amide bonds. The van der Waals surface area contributed by atoms with Gasteiger partial charge in [-0.05, 0) is 23.6 Å². The summed E-state index contributed by atoms with van der Waals surface area (Å²) in [5.41, 5.74) is 0.169. The summed E-state index contributed by atoms with van der Waals surface area (Å²) in [7, 11) is 0. The molecule has 82 valence electrons. The molecule has 2 aromatic rings. The Morgan fingerprint density at radius 3 is 2.88 bits per heavy atom. The van der Waals surface area contributed by atoms with Gasteiger partial charge in [-0.2, -0.15) is 0 Å². The number of carboxylic acid groups (broad SMARTS) is 1. The van der Waals surface area contributed by atoms with Crippen LogP contribution in [0, 0.1) is 0 Å². The van der Waals surface area contributed by atoms with E-state index in [2.05, 4.69) is 4.98 Å². The Hall–Kier alpha value is -1.04. The summed E-state index contributed by atoms with van der Waals surface area (Å²) >= 11 is 8.58. The molecule has 0 saturated heterocycles. The van der Waals surface area contributed by atoms with Crippen LogP contribution in [0.15, 0.2) is 38.9 Å². The van der Waals surface area contributed by atoms with E-state index in [4.69, 9.17) is 16.7 Å². The Morgan fingerprint density at radius 1 is 1.44 bits per heavy atom. The van der Waals surface area contributed by atoms with E-state index in [1.807, 2.05) is 17.5 Å². The molecule has 2 heterocycles. The molecular formula is C10H6ClNO2S2. The highest BCUT2D eigenvalue weighted by atomic mass is 35.5. The standard InChI is InChI=1S/C10H6ClNO2S2/c11-7-4-3-6(10(13)14)9(12-7)16-8-2-1-5-15-8/h1-5H,(H,13,14). The maximum absolute atomic E-state index is 11.0. The van der Waals surface area contributed by atoms with E-state index in [0.29, 0.717) is 10.2 Å². The third kappa shape index (κ3) is 2.55. The maximum Gasteiger partial charge on any atom is 0.338 e. The first-order valence-electron chi connectivity index (χ1n) is 4.28. The molecule has 0 bridgehead atoms. The zero-order chi connectivity index (χ0) is 11.5. The number of aromatic nitrogens is 1. The molecule has 0 spiro atoms. The van der Waals surface area contributed by atoms with Gasteiger partial charge in [-0.25, -0.2) is 9.78 Å². The molecule has 0 unspecified atom stereocenters. The lowest BCUT2D eigenvalue weighted by Gasteiger charge is -2.03. The van der Waals surface area contributed by atoms with Crippen molar-refractivity contribution in [3.05, 3.63) is 40.4 Å². The molecule has 3 nitrogen and oxygen atoms in total. The molecule has 0 aliphatic heterocycles. The van der Waals surface area contributed by atoms with Gasteiger partial charge in [0.1, 0.15) is 10.2 Å². The normalized spacial score (nSPS) is 10.3. The van der Waals surface area contributed by atoms with Crippen LogP contribution >= 0.6 is 34.7 Å². The van der Waals surface area contributed by atoms with Crippen LogP contribution in [-0.4, -0.2) is 16.1 Å². The number of pyridine rings is 1. The average Bonchev–Trinajstić information content (AvgIpc) is 2.70. The molecule has 0 atom stereocenters. The summed E-state index contributed by atoms with van der Waals surface area (Å²) in [6, 6.07) is 6.75. The van der Waals surface area contributed by atoms with Gasteiger partial charge in [0, 0.05) is 0 Å². The number of aromatic carboxylic acids is 1. The molecule has 0 radical (unpaired) electrons. The lowest BCUT2D eigenvalue weighted by molar-refractivity contribution is 0.0692. The Labute approximate surface area is 105 Å². The summed E-state index contributed by atoms with van der Waals surface area (Å²) < 4.78 is 0.984. The van der Waals surface area contributed by atoms with E-state index in [9.17, 15) is 4.79 Å². The van der Waals surface area contributed by atoms with Crippen molar-refractivity contribution < 1.29 is 9.90 Å². The van der Waals surface area contributed by atoms with Gasteiger partial charge in [0.05, 0.1) is 9.77 Å². The molecule has 16 heavy (non-hydrogen) atoms. The molecule has 0 fully saturated rings. The average molecular weight is 272 g/mol. The monoisotopic (exact) mass is 271 g/mol. The first kappa shape index (κ1) is 11.4. The van der Waals surface area contributed by atoms with E-state index < -0.39 is 5.97 Å². The van der Waals surface area contributed by atoms with Gasteiger partial charge < -0.3 is 5.11 Å². The van der Waals surface area contributed by atoms with Crippen LogP contribution < -0.4 is 0 Å². The van der Waals surface area contributed by atoms with Crippen molar-refractivity contribution >= 4 is 40.7 Å². The second-order valence-electron chi connectivity index (χ2n) is 2.83. The molecule has 6 heteroatoms. The number of hydrogen-bond acceptors (Lipinski definition) is 4. The Morgan fingerprint density at radius 2 is 2.25 bits per heavy atom. The van der Waals surface area contributed by atoms with Gasteiger partial charge in [0.25, 0.3) is 0 Å². The van der Waals surface area contributed by atoms with Crippen LogP contribution in [0.5, 0.6) is 0 Å². The zero-order valence-electron chi connectivity index (χ0n) is 7.88. The predicted molar refractivity (Wildman–Crippen MR) is 64.6 cm³/mol. The Balaban J connectivity index is 2.38. The highest BCUT2D eigenvalue weighted by Crippen LogP contribution is 2.32. The van der Waals surface area contributed by atoms with Gasteiger partial charge in [-0.15, -0.1) is 11.3 Å². The molecule has 2 aromatic heterocycles. The van der Waals surface area contributed by atoms with Crippen molar-refractivity contribution in [1.29, 1.82) is 0 Å². The van der Waals surface area contributed by atoms with Gasteiger partial charge in [-0.1, -0.05) is 29.4 Å². The number of carbonyl (C=O) groups is 1. The number of carboxylic acids is 1. The molecule has 1 N–H and O–H groups in total. The molecular weight excluding hydrogens is 266 g/mol. The van der Waals surface area contributed by atoms with Crippen LogP contribution in [-0.2, 0) is 0 Å². The highest BCUT2D eigenvalue weighted by Gasteiger charge is 2.13.